The zero-order valence-electron chi connectivity index (χ0n) is 15.8. The van der Waals surface area contributed by atoms with Gasteiger partial charge in [0.05, 0.1) is 27.7 Å². The Morgan fingerprint density at radius 3 is 2.11 bits per heavy atom. The van der Waals surface area contributed by atoms with Gasteiger partial charge in [-0.2, -0.15) is 0 Å². The van der Waals surface area contributed by atoms with Crippen molar-refractivity contribution in [1.82, 2.24) is 5.32 Å². The molecule has 0 aliphatic carbocycles. The minimum Gasteiger partial charge on any atom is -0.497 e. The van der Waals surface area contributed by atoms with Gasteiger partial charge in [0.25, 0.3) is 0 Å². The number of halogens is 3. The van der Waals surface area contributed by atoms with Crippen LogP contribution in [0.5, 0.6) is 11.5 Å². The summed E-state index contributed by atoms with van der Waals surface area (Å²) in [5.41, 5.74) is 1.69. The summed E-state index contributed by atoms with van der Waals surface area (Å²) in [5, 5.41) is 6.48. The van der Waals surface area contributed by atoms with Crippen LogP contribution in [-0.2, 0) is 0 Å². The molecule has 2 aromatic rings. The standard InChI is InChI=1S/C19H22F3N3O2S/c1-25(2)17(13-4-8-15(26-3)9-5-13)12-23-18(28)24-14-6-10-16(11-7-14)27-19(20,21)22/h4-11,17H,12H2,1-3H3,(H2,23,24,28)/p+1/t17-/m0/s1. The van der Waals surface area contributed by atoms with Gasteiger partial charge in [-0.15, -0.1) is 13.2 Å². The van der Waals surface area contributed by atoms with Crippen LogP contribution in [0.4, 0.5) is 18.9 Å². The number of rotatable bonds is 7. The molecule has 3 N–H and O–H groups in total. The molecular weight excluding hydrogens is 391 g/mol. The number of hydrogen-bond acceptors (Lipinski definition) is 3. The van der Waals surface area contributed by atoms with E-state index in [0.29, 0.717) is 17.3 Å². The van der Waals surface area contributed by atoms with Gasteiger partial charge in [-0.1, -0.05) is 0 Å². The number of quaternary nitrogens is 1. The van der Waals surface area contributed by atoms with Crippen molar-refractivity contribution in [2.45, 2.75) is 12.4 Å². The SMILES string of the molecule is COc1ccc([C@H](CNC(=S)Nc2ccc(OC(F)(F)F)cc2)[NH+](C)C)cc1. The fourth-order valence-corrected chi connectivity index (χ4v) is 2.80. The Bertz CT molecular complexity index is 765. The third-order valence-electron chi connectivity index (χ3n) is 4.03. The van der Waals surface area contributed by atoms with Crippen LogP contribution in [0.15, 0.2) is 48.5 Å². The average molecular weight is 414 g/mol. The molecule has 2 aromatic carbocycles. The Labute approximate surface area is 167 Å². The van der Waals surface area contributed by atoms with E-state index in [1.165, 1.54) is 29.2 Å². The summed E-state index contributed by atoms with van der Waals surface area (Å²) in [5.74, 6) is 0.507. The highest BCUT2D eigenvalue weighted by molar-refractivity contribution is 7.80. The van der Waals surface area contributed by atoms with Gasteiger partial charge >= 0.3 is 6.36 Å². The number of alkyl halides is 3. The van der Waals surface area contributed by atoms with Gasteiger partial charge in [0.2, 0.25) is 0 Å². The summed E-state index contributed by atoms with van der Waals surface area (Å²) in [4.78, 5) is 1.22. The Hall–Kier alpha value is -2.52. The van der Waals surface area contributed by atoms with Crippen molar-refractivity contribution < 1.29 is 27.5 Å². The monoisotopic (exact) mass is 414 g/mol. The van der Waals surface area contributed by atoms with E-state index in [4.69, 9.17) is 17.0 Å². The Morgan fingerprint density at radius 1 is 1.04 bits per heavy atom. The lowest BCUT2D eigenvalue weighted by atomic mass is 10.1. The van der Waals surface area contributed by atoms with Gasteiger partial charge in [0.1, 0.15) is 17.5 Å². The van der Waals surface area contributed by atoms with Gasteiger partial charge in [0, 0.05) is 11.3 Å². The molecule has 0 unspecified atom stereocenters. The predicted molar refractivity (Wildman–Crippen MR) is 106 cm³/mol. The minimum atomic E-state index is -4.71. The van der Waals surface area contributed by atoms with Gasteiger partial charge in [0.15, 0.2) is 5.11 Å². The van der Waals surface area contributed by atoms with E-state index in [1.807, 2.05) is 38.4 Å². The highest BCUT2D eigenvalue weighted by Crippen LogP contribution is 2.24. The molecule has 0 heterocycles. The lowest BCUT2D eigenvalue weighted by molar-refractivity contribution is -0.890. The first kappa shape index (κ1) is 21.8. The van der Waals surface area contributed by atoms with Crippen molar-refractivity contribution in [3.05, 3.63) is 54.1 Å². The summed E-state index contributed by atoms with van der Waals surface area (Å²) in [6.45, 7) is 0.579. The number of ether oxygens (including phenoxy) is 2. The second-order valence-corrected chi connectivity index (χ2v) is 6.72. The Balaban J connectivity index is 1.92. The molecule has 0 saturated heterocycles. The van der Waals surface area contributed by atoms with Crippen LogP contribution in [0.1, 0.15) is 11.6 Å². The number of thiocarbonyl (C=S) groups is 1. The van der Waals surface area contributed by atoms with E-state index in [-0.39, 0.29) is 11.8 Å². The third-order valence-corrected chi connectivity index (χ3v) is 4.27. The molecule has 0 aromatic heterocycles. The molecule has 9 heteroatoms. The quantitative estimate of drug-likeness (QED) is 0.609. The summed E-state index contributed by atoms with van der Waals surface area (Å²) in [7, 11) is 5.72. The van der Waals surface area contributed by atoms with Crippen LogP contribution in [0.25, 0.3) is 0 Å². The van der Waals surface area contributed by atoms with E-state index in [0.717, 1.165) is 11.3 Å². The van der Waals surface area contributed by atoms with Crippen molar-refractivity contribution in [2.75, 3.05) is 33.1 Å². The fourth-order valence-electron chi connectivity index (χ4n) is 2.60. The van der Waals surface area contributed by atoms with Gasteiger partial charge in [-0.05, 0) is 60.7 Å². The first-order valence-electron chi connectivity index (χ1n) is 8.52. The Morgan fingerprint density at radius 2 is 1.61 bits per heavy atom. The number of anilines is 1. The topological polar surface area (TPSA) is 47.0 Å². The second kappa shape index (κ2) is 9.61. The van der Waals surface area contributed by atoms with Gasteiger partial charge in [-0.3, -0.25) is 0 Å². The number of methoxy groups -OCH3 is 1. The molecular formula is C19H23F3N3O2S+. The molecule has 0 saturated carbocycles. The lowest BCUT2D eigenvalue weighted by Crippen LogP contribution is -3.07. The molecule has 152 valence electrons. The molecule has 2 rings (SSSR count). The van der Waals surface area contributed by atoms with Crippen LogP contribution in [-0.4, -0.2) is 39.2 Å². The Kier molecular flexibility index (Phi) is 7.47. The molecule has 0 bridgehead atoms. The van der Waals surface area contributed by atoms with E-state index in [9.17, 15) is 13.2 Å². The van der Waals surface area contributed by atoms with E-state index in [1.54, 1.807) is 7.11 Å². The predicted octanol–water partition coefficient (Wildman–Crippen LogP) is 2.77. The fraction of sp³-hybridized carbons (Fsp3) is 0.316. The normalized spacial score (nSPS) is 12.4. The highest BCUT2D eigenvalue weighted by Gasteiger charge is 2.30. The van der Waals surface area contributed by atoms with Crippen molar-refractivity contribution in [3.63, 3.8) is 0 Å². The highest BCUT2D eigenvalue weighted by atomic mass is 32.1. The number of nitrogens with one attached hydrogen (secondary N) is 3. The van der Waals surface area contributed by atoms with Crippen molar-refractivity contribution in [1.29, 1.82) is 0 Å². The first-order valence-corrected chi connectivity index (χ1v) is 8.93. The van der Waals surface area contributed by atoms with E-state index < -0.39 is 6.36 Å². The summed E-state index contributed by atoms with van der Waals surface area (Å²) in [6.07, 6.45) is -4.71. The maximum atomic E-state index is 12.2. The van der Waals surface area contributed by atoms with Gasteiger partial charge < -0.3 is 25.0 Å². The molecule has 0 radical (unpaired) electrons. The largest absolute Gasteiger partial charge is 0.573 e. The molecule has 0 spiro atoms. The molecule has 0 aliphatic heterocycles. The maximum absolute atomic E-state index is 12.2. The zero-order chi connectivity index (χ0) is 20.7. The summed E-state index contributed by atoms with van der Waals surface area (Å²) < 4.78 is 45.6. The lowest BCUT2D eigenvalue weighted by Gasteiger charge is -2.23. The van der Waals surface area contributed by atoms with E-state index in [2.05, 4.69) is 15.4 Å². The van der Waals surface area contributed by atoms with Gasteiger partial charge in [-0.25, -0.2) is 0 Å². The summed E-state index contributed by atoms with van der Waals surface area (Å²) >= 11 is 5.29. The minimum absolute atomic E-state index is 0.146. The van der Waals surface area contributed by atoms with E-state index >= 15 is 0 Å². The zero-order valence-corrected chi connectivity index (χ0v) is 16.6. The average Bonchev–Trinajstić information content (AvgIpc) is 2.62. The number of likely N-dealkylation sites (N-methyl/N-ethyl adjacent to an activating group) is 1. The van der Waals surface area contributed by atoms with Crippen LogP contribution < -0.4 is 25.0 Å². The molecule has 0 aliphatic rings. The first-order chi connectivity index (χ1) is 13.2. The number of hydrogen-bond donors (Lipinski definition) is 3. The molecule has 5 nitrogen and oxygen atoms in total. The summed E-state index contributed by atoms with van der Waals surface area (Å²) in [6, 6.07) is 13.4. The molecule has 0 fully saturated rings. The van der Waals surface area contributed by atoms with Crippen LogP contribution >= 0.6 is 12.2 Å². The maximum Gasteiger partial charge on any atom is 0.573 e. The molecule has 28 heavy (non-hydrogen) atoms. The van der Waals surface area contributed by atoms with Crippen LogP contribution in [0.2, 0.25) is 0 Å². The molecule has 1 atom stereocenters. The van der Waals surface area contributed by atoms with Crippen LogP contribution in [0, 0.1) is 0 Å². The number of benzene rings is 2. The van der Waals surface area contributed by atoms with Crippen molar-refractivity contribution >= 4 is 23.0 Å². The van der Waals surface area contributed by atoms with Crippen molar-refractivity contribution in [2.24, 2.45) is 0 Å². The van der Waals surface area contributed by atoms with Crippen LogP contribution in [0.3, 0.4) is 0 Å². The third kappa shape index (κ3) is 6.90. The molecule has 0 amide bonds. The van der Waals surface area contributed by atoms with Crippen molar-refractivity contribution in [3.8, 4) is 11.5 Å². The second-order valence-electron chi connectivity index (χ2n) is 6.31. The smallest absolute Gasteiger partial charge is 0.497 e.